The quantitative estimate of drug-likeness (QED) is 0.322. The predicted molar refractivity (Wildman–Crippen MR) is 135 cm³/mol. The van der Waals surface area contributed by atoms with Gasteiger partial charge in [-0.05, 0) is 71.8 Å². The van der Waals surface area contributed by atoms with E-state index in [1.165, 1.54) is 17.1 Å². The number of hydrogen-bond donors (Lipinski definition) is 3. The van der Waals surface area contributed by atoms with Crippen molar-refractivity contribution in [2.45, 2.75) is 18.9 Å². The Kier molecular flexibility index (Phi) is 5.86. The third-order valence-corrected chi connectivity index (χ3v) is 6.74. The number of anilines is 1. The number of carboxylic acids is 1. The maximum Gasteiger partial charge on any atom is 0.338 e. The number of benzene rings is 2. The van der Waals surface area contributed by atoms with Gasteiger partial charge in [-0.15, -0.1) is 0 Å². The molecular formula is C23H21IN6O4. The molecule has 0 atom stereocenters. The lowest BCUT2D eigenvalue weighted by atomic mass is 10.0. The number of likely N-dealkylation sites (tertiary alicyclic amines) is 1. The molecule has 0 saturated carbocycles. The summed E-state index contributed by atoms with van der Waals surface area (Å²) in [7, 11) is 0. The Hall–Kier alpha value is -3.61. The summed E-state index contributed by atoms with van der Waals surface area (Å²) in [5.74, 6) is -1.07. The summed E-state index contributed by atoms with van der Waals surface area (Å²) in [5, 5.41) is 16.2. The van der Waals surface area contributed by atoms with Gasteiger partial charge in [0.2, 0.25) is 0 Å². The fraction of sp³-hybridized carbons (Fsp3) is 0.217. The van der Waals surface area contributed by atoms with Gasteiger partial charge in [0.15, 0.2) is 0 Å². The molecule has 0 aliphatic carbocycles. The van der Waals surface area contributed by atoms with E-state index in [1.807, 2.05) is 36.4 Å². The number of carbonyl (C=O) groups is 2. The number of carbonyl (C=O) groups excluding carboxylic acids is 1. The fourth-order valence-corrected chi connectivity index (χ4v) is 4.67. The van der Waals surface area contributed by atoms with Gasteiger partial charge in [-0.25, -0.2) is 19.1 Å². The van der Waals surface area contributed by atoms with E-state index < -0.39 is 5.97 Å². The molecule has 2 amide bonds. The molecule has 34 heavy (non-hydrogen) atoms. The van der Waals surface area contributed by atoms with Crippen molar-refractivity contribution in [3.63, 3.8) is 0 Å². The van der Waals surface area contributed by atoms with Crippen LogP contribution in [0.2, 0.25) is 0 Å². The van der Waals surface area contributed by atoms with E-state index in [0.717, 1.165) is 14.8 Å². The average Bonchev–Trinajstić information content (AvgIpc) is 3.45. The number of H-pyrrole nitrogens is 1. The van der Waals surface area contributed by atoms with E-state index in [2.05, 4.69) is 38.0 Å². The lowest BCUT2D eigenvalue weighted by Gasteiger charge is -2.32. The number of aromatic nitrogens is 4. The molecule has 3 N–H and O–H groups in total. The maximum atomic E-state index is 12.9. The summed E-state index contributed by atoms with van der Waals surface area (Å²) >= 11 is 2.22. The minimum absolute atomic E-state index is 0.0638. The number of rotatable bonds is 4. The topological polar surface area (TPSA) is 125 Å². The Morgan fingerprint density at radius 1 is 1.12 bits per heavy atom. The third kappa shape index (κ3) is 4.18. The second-order valence-electron chi connectivity index (χ2n) is 8.11. The van der Waals surface area contributed by atoms with Crippen molar-refractivity contribution < 1.29 is 14.7 Å². The standard InChI is InChI=1S/C23H21IN6O4/c24-15-4-6-16(7-5-15)26-22(33)28-10-8-17(9-11-28)30-19-3-1-2-18(20(19)27-23(30)34)29-13-14(12-25-29)21(31)32/h1-7,12-13,17H,8-11H2,(H,26,33)(H,27,34)(H,31,32). The Labute approximate surface area is 207 Å². The number of hydrogen-bond acceptors (Lipinski definition) is 4. The van der Waals surface area contributed by atoms with Gasteiger partial charge in [0.1, 0.15) is 0 Å². The molecular weight excluding hydrogens is 551 g/mol. The lowest BCUT2D eigenvalue weighted by Crippen LogP contribution is -2.42. The van der Waals surface area contributed by atoms with Crippen molar-refractivity contribution in [2.75, 3.05) is 18.4 Å². The van der Waals surface area contributed by atoms with Crippen molar-refractivity contribution in [1.29, 1.82) is 0 Å². The first-order chi connectivity index (χ1) is 16.4. The van der Waals surface area contributed by atoms with Crippen LogP contribution in [0.25, 0.3) is 16.7 Å². The first-order valence-corrected chi connectivity index (χ1v) is 11.8. The Bertz CT molecular complexity index is 1430. The first-order valence-electron chi connectivity index (χ1n) is 10.7. The summed E-state index contributed by atoms with van der Waals surface area (Å²) in [4.78, 5) is 41.5. The van der Waals surface area contributed by atoms with Gasteiger partial charge in [0, 0.05) is 34.6 Å². The minimum Gasteiger partial charge on any atom is -0.478 e. The molecule has 1 fully saturated rings. The number of urea groups is 1. The van der Waals surface area contributed by atoms with Crippen LogP contribution < -0.4 is 11.0 Å². The number of para-hydroxylation sites is 1. The normalized spacial score (nSPS) is 14.4. The van der Waals surface area contributed by atoms with Gasteiger partial charge < -0.3 is 20.3 Å². The zero-order chi connectivity index (χ0) is 23.8. The van der Waals surface area contributed by atoms with Crippen LogP contribution in [0.5, 0.6) is 0 Å². The number of aromatic amines is 1. The summed E-state index contributed by atoms with van der Waals surface area (Å²) in [5.41, 5.74) is 2.47. The van der Waals surface area contributed by atoms with Gasteiger partial charge in [-0.3, -0.25) is 4.57 Å². The van der Waals surface area contributed by atoms with Crippen LogP contribution in [0, 0.1) is 3.57 Å². The number of fused-ring (bicyclic) bond motifs is 1. The highest BCUT2D eigenvalue weighted by Gasteiger charge is 2.27. The number of aromatic carboxylic acids is 1. The van der Waals surface area contributed by atoms with Gasteiger partial charge in [-0.2, -0.15) is 5.10 Å². The highest BCUT2D eigenvalue weighted by atomic mass is 127. The van der Waals surface area contributed by atoms with E-state index in [-0.39, 0.29) is 23.3 Å². The number of amides is 2. The van der Waals surface area contributed by atoms with Crippen molar-refractivity contribution >= 4 is 51.3 Å². The average molecular weight is 572 g/mol. The summed E-state index contributed by atoms with van der Waals surface area (Å²) in [6.45, 7) is 1.06. The van der Waals surface area contributed by atoms with E-state index in [4.69, 9.17) is 0 Å². The SMILES string of the molecule is O=C(O)c1cnn(-c2cccc3c2[nH]c(=O)n3C2CCN(C(=O)Nc3ccc(I)cc3)CC2)c1. The van der Waals surface area contributed by atoms with Gasteiger partial charge in [-0.1, -0.05) is 6.07 Å². The molecule has 174 valence electrons. The number of carboxylic acid groups (broad SMARTS) is 1. The van der Waals surface area contributed by atoms with Gasteiger partial charge in [0.25, 0.3) is 0 Å². The molecule has 0 unspecified atom stereocenters. The lowest BCUT2D eigenvalue weighted by molar-refractivity contribution is 0.0697. The Balaban J connectivity index is 1.34. The van der Waals surface area contributed by atoms with Crippen LogP contribution in [0.1, 0.15) is 29.2 Å². The molecule has 1 aliphatic heterocycles. The smallest absolute Gasteiger partial charge is 0.338 e. The number of piperidine rings is 1. The molecule has 0 bridgehead atoms. The first kappa shape index (κ1) is 22.2. The van der Waals surface area contributed by atoms with Crippen LogP contribution in [0.4, 0.5) is 10.5 Å². The molecule has 4 aromatic rings. The van der Waals surface area contributed by atoms with Crippen molar-refractivity contribution in [3.8, 4) is 5.69 Å². The number of imidazole rings is 1. The molecule has 2 aromatic carbocycles. The van der Waals surface area contributed by atoms with Crippen LogP contribution in [0.15, 0.2) is 59.7 Å². The summed E-state index contributed by atoms with van der Waals surface area (Å²) in [6, 6.07) is 12.8. The predicted octanol–water partition coefficient (Wildman–Crippen LogP) is 3.69. The third-order valence-electron chi connectivity index (χ3n) is 6.02. The van der Waals surface area contributed by atoms with E-state index in [1.54, 1.807) is 15.5 Å². The van der Waals surface area contributed by atoms with Crippen molar-refractivity contribution in [1.82, 2.24) is 24.2 Å². The monoisotopic (exact) mass is 572 g/mol. The molecule has 10 nitrogen and oxygen atoms in total. The van der Waals surface area contributed by atoms with Crippen molar-refractivity contribution in [2.24, 2.45) is 0 Å². The van der Waals surface area contributed by atoms with Crippen LogP contribution in [-0.4, -0.2) is 54.4 Å². The minimum atomic E-state index is -1.07. The maximum absolute atomic E-state index is 12.9. The van der Waals surface area contributed by atoms with Gasteiger partial charge in [0.05, 0.1) is 28.5 Å². The second kappa shape index (κ2) is 8.97. The Morgan fingerprint density at radius 3 is 2.53 bits per heavy atom. The molecule has 5 rings (SSSR count). The van der Waals surface area contributed by atoms with Crippen LogP contribution in [0.3, 0.4) is 0 Å². The molecule has 2 aromatic heterocycles. The number of nitrogens with one attached hydrogen (secondary N) is 2. The fourth-order valence-electron chi connectivity index (χ4n) is 4.32. The van der Waals surface area contributed by atoms with E-state index >= 15 is 0 Å². The molecule has 3 heterocycles. The summed E-state index contributed by atoms with van der Waals surface area (Å²) in [6.07, 6.45) is 3.97. The molecule has 0 radical (unpaired) electrons. The van der Waals surface area contributed by atoms with Crippen molar-refractivity contribution in [3.05, 3.63) is 74.5 Å². The van der Waals surface area contributed by atoms with Crippen LogP contribution in [-0.2, 0) is 0 Å². The Morgan fingerprint density at radius 2 is 1.85 bits per heavy atom. The highest BCUT2D eigenvalue weighted by molar-refractivity contribution is 14.1. The number of nitrogens with zero attached hydrogens (tertiary/aromatic N) is 4. The molecule has 11 heteroatoms. The zero-order valence-corrected chi connectivity index (χ0v) is 20.1. The van der Waals surface area contributed by atoms with E-state index in [9.17, 15) is 19.5 Å². The molecule has 1 aliphatic rings. The highest BCUT2D eigenvalue weighted by Crippen LogP contribution is 2.27. The summed E-state index contributed by atoms with van der Waals surface area (Å²) < 4.78 is 4.27. The largest absolute Gasteiger partial charge is 0.478 e. The second-order valence-corrected chi connectivity index (χ2v) is 9.35. The van der Waals surface area contributed by atoms with Gasteiger partial charge >= 0.3 is 17.7 Å². The molecule has 1 saturated heterocycles. The van der Waals surface area contributed by atoms with E-state index in [0.29, 0.717) is 37.1 Å². The molecule has 0 spiro atoms. The van der Waals surface area contributed by atoms with Crippen LogP contribution >= 0.6 is 22.6 Å². The zero-order valence-electron chi connectivity index (χ0n) is 17.9. The number of halogens is 1.